The highest BCUT2D eigenvalue weighted by atomic mass is 19.1. The molecule has 0 spiro atoms. The Morgan fingerprint density at radius 3 is 2.62 bits per heavy atom. The number of Topliss-reactive ketones (excluding diaryl/α,β-unsaturated/α-hetero) is 1. The molecule has 0 saturated carbocycles. The standard InChI is InChI=1S/C20H17F2N3O/c1-12-3-4-17(16(21)7-12)25-18-11-23-6-5-14(18)9-19(26)15-10-24-20(22)8-13(15)2/h3-8,10-11,25H,9H2,1-2H3. The van der Waals surface area contributed by atoms with Crippen LogP contribution in [0.2, 0.25) is 0 Å². The van der Waals surface area contributed by atoms with Crippen molar-refractivity contribution < 1.29 is 13.6 Å². The summed E-state index contributed by atoms with van der Waals surface area (Å²) in [4.78, 5) is 20.2. The molecule has 0 amide bonds. The Labute approximate surface area is 149 Å². The summed E-state index contributed by atoms with van der Waals surface area (Å²) in [5.41, 5.74) is 3.20. The van der Waals surface area contributed by atoms with Crippen LogP contribution in [0.25, 0.3) is 0 Å². The average Bonchev–Trinajstić information content (AvgIpc) is 2.58. The van der Waals surface area contributed by atoms with E-state index in [0.29, 0.717) is 28.1 Å². The van der Waals surface area contributed by atoms with E-state index in [9.17, 15) is 13.6 Å². The molecule has 2 aromatic heterocycles. The number of aryl methyl sites for hydroxylation is 2. The lowest BCUT2D eigenvalue weighted by atomic mass is 10.0. The molecular weight excluding hydrogens is 336 g/mol. The van der Waals surface area contributed by atoms with Crippen molar-refractivity contribution in [3.8, 4) is 0 Å². The molecule has 2 heterocycles. The van der Waals surface area contributed by atoms with E-state index in [1.54, 1.807) is 38.2 Å². The first kappa shape index (κ1) is 17.7. The van der Waals surface area contributed by atoms with Crippen molar-refractivity contribution in [3.63, 3.8) is 0 Å². The van der Waals surface area contributed by atoms with E-state index >= 15 is 0 Å². The van der Waals surface area contributed by atoms with Crippen molar-refractivity contribution in [2.45, 2.75) is 20.3 Å². The fraction of sp³-hybridized carbons (Fsp3) is 0.150. The molecule has 4 nitrogen and oxygen atoms in total. The average molecular weight is 353 g/mol. The topological polar surface area (TPSA) is 54.9 Å². The van der Waals surface area contributed by atoms with Crippen LogP contribution in [0.4, 0.5) is 20.2 Å². The molecule has 0 bridgehead atoms. The van der Waals surface area contributed by atoms with Crippen LogP contribution >= 0.6 is 0 Å². The third-order valence-corrected chi connectivity index (χ3v) is 4.03. The summed E-state index contributed by atoms with van der Waals surface area (Å²) in [6.45, 7) is 3.46. The highest BCUT2D eigenvalue weighted by molar-refractivity contribution is 5.99. The van der Waals surface area contributed by atoms with E-state index in [1.165, 1.54) is 24.5 Å². The number of anilines is 2. The van der Waals surface area contributed by atoms with Crippen LogP contribution in [-0.4, -0.2) is 15.8 Å². The maximum Gasteiger partial charge on any atom is 0.213 e. The number of ketones is 1. The lowest BCUT2D eigenvalue weighted by molar-refractivity contribution is 0.0992. The third kappa shape index (κ3) is 3.91. The molecule has 132 valence electrons. The van der Waals surface area contributed by atoms with E-state index in [2.05, 4.69) is 15.3 Å². The maximum atomic E-state index is 14.1. The second-order valence-electron chi connectivity index (χ2n) is 6.06. The molecule has 0 radical (unpaired) electrons. The second-order valence-corrected chi connectivity index (χ2v) is 6.06. The van der Waals surface area contributed by atoms with Crippen LogP contribution in [0.1, 0.15) is 27.0 Å². The summed E-state index contributed by atoms with van der Waals surface area (Å²) < 4.78 is 27.2. The van der Waals surface area contributed by atoms with Gasteiger partial charge in [0.15, 0.2) is 5.78 Å². The SMILES string of the molecule is Cc1ccc(Nc2cnccc2CC(=O)c2cnc(F)cc2C)c(F)c1. The number of pyridine rings is 2. The van der Waals surface area contributed by atoms with Crippen molar-refractivity contribution in [1.82, 2.24) is 9.97 Å². The van der Waals surface area contributed by atoms with E-state index < -0.39 is 5.95 Å². The maximum absolute atomic E-state index is 14.1. The van der Waals surface area contributed by atoms with Crippen LogP contribution in [-0.2, 0) is 6.42 Å². The fourth-order valence-corrected chi connectivity index (χ4v) is 2.64. The molecule has 0 aliphatic carbocycles. The summed E-state index contributed by atoms with van der Waals surface area (Å²) in [6.07, 6.45) is 4.40. The molecule has 0 aliphatic rings. The minimum Gasteiger partial charge on any atom is -0.352 e. The highest BCUT2D eigenvalue weighted by Crippen LogP contribution is 2.24. The predicted octanol–water partition coefficient (Wildman–Crippen LogP) is 4.54. The fourth-order valence-electron chi connectivity index (χ4n) is 2.64. The monoisotopic (exact) mass is 353 g/mol. The third-order valence-electron chi connectivity index (χ3n) is 4.03. The zero-order valence-corrected chi connectivity index (χ0v) is 14.4. The van der Waals surface area contributed by atoms with Crippen molar-refractivity contribution in [3.05, 3.63) is 82.9 Å². The zero-order valence-electron chi connectivity index (χ0n) is 14.4. The lowest BCUT2D eigenvalue weighted by Gasteiger charge is -2.13. The van der Waals surface area contributed by atoms with E-state index in [-0.39, 0.29) is 18.0 Å². The Balaban J connectivity index is 1.86. The minimum absolute atomic E-state index is 0.0620. The van der Waals surface area contributed by atoms with Gasteiger partial charge in [-0.15, -0.1) is 0 Å². The molecule has 1 N–H and O–H groups in total. The van der Waals surface area contributed by atoms with Crippen LogP contribution in [0.15, 0.2) is 48.9 Å². The molecule has 1 aromatic carbocycles. The van der Waals surface area contributed by atoms with Gasteiger partial charge in [-0.1, -0.05) is 6.07 Å². The summed E-state index contributed by atoms with van der Waals surface area (Å²) in [7, 11) is 0. The van der Waals surface area contributed by atoms with E-state index in [4.69, 9.17) is 0 Å². The number of halogens is 2. The Hall–Kier alpha value is -3.15. The first-order chi connectivity index (χ1) is 12.4. The van der Waals surface area contributed by atoms with Gasteiger partial charge < -0.3 is 5.32 Å². The molecule has 6 heteroatoms. The van der Waals surface area contributed by atoms with Gasteiger partial charge in [-0.3, -0.25) is 9.78 Å². The molecule has 26 heavy (non-hydrogen) atoms. The highest BCUT2D eigenvalue weighted by Gasteiger charge is 2.14. The van der Waals surface area contributed by atoms with Gasteiger partial charge in [0, 0.05) is 24.4 Å². The first-order valence-corrected chi connectivity index (χ1v) is 8.05. The van der Waals surface area contributed by atoms with Crippen LogP contribution in [0.3, 0.4) is 0 Å². The lowest BCUT2D eigenvalue weighted by Crippen LogP contribution is -2.09. The molecule has 0 aliphatic heterocycles. The van der Waals surface area contributed by atoms with E-state index in [1.807, 2.05) is 0 Å². The molecule has 3 aromatic rings. The molecule has 3 rings (SSSR count). The number of rotatable bonds is 5. The Morgan fingerprint density at radius 1 is 1.08 bits per heavy atom. The summed E-state index contributed by atoms with van der Waals surface area (Å²) in [5, 5.41) is 2.98. The van der Waals surface area contributed by atoms with Gasteiger partial charge in [0.25, 0.3) is 0 Å². The van der Waals surface area contributed by atoms with Crippen LogP contribution < -0.4 is 5.32 Å². The number of carbonyl (C=O) groups is 1. The van der Waals surface area contributed by atoms with Gasteiger partial charge in [0.1, 0.15) is 5.82 Å². The number of carbonyl (C=O) groups excluding carboxylic acids is 1. The van der Waals surface area contributed by atoms with Crippen LogP contribution in [0.5, 0.6) is 0 Å². The number of nitrogens with zero attached hydrogens (tertiary/aromatic N) is 2. The molecule has 0 unspecified atom stereocenters. The van der Waals surface area contributed by atoms with Gasteiger partial charge in [-0.25, -0.2) is 9.37 Å². The summed E-state index contributed by atoms with van der Waals surface area (Å²) >= 11 is 0. The molecule has 0 atom stereocenters. The summed E-state index contributed by atoms with van der Waals surface area (Å²) in [6, 6.07) is 7.77. The van der Waals surface area contributed by atoms with Crippen molar-refractivity contribution in [2.24, 2.45) is 0 Å². The van der Waals surface area contributed by atoms with Crippen molar-refractivity contribution >= 4 is 17.2 Å². The van der Waals surface area contributed by atoms with Gasteiger partial charge in [-0.05, 0) is 54.8 Å². The van der Waals surface area contributed by atoms with Gasteiger partial charge in [0.05, 0.1) is 17.6 Å². The number of benzene rings is 1. The second kappa shape index (κ2) is 7.39. The molecular formula is C20H17F2N3O. The number of nitrogens with one attached hydrogen (secondary N) is 1. The summed E-state index contributed by atoms with van der Waals surface area (Å²) in [5.74, 6) is -1.21. The van der Waals surface area contributed by atoms with Gasteiger partial charge >= 0.3 is 0 Å². The van der Waals surface area contributed by atoms with Gasteiger partial charge in [-0.2, -0.15) is 4.39 Å². The normalized spacial score (nSPS) is 10.6. The quantitative estimate of drug-likeness (QED) is 0.540. The Bertz CT molecular complexity index is 973. The van der Waals surface area contributed by atoms with Crippen molar-refractivity contribution in [2.75, 3.05) is 5.32 Å². The largest absolute Gasteiger partial charge is 0.352 e. The van der Waals surface area contributed by atoms with Crippen LogP contribution in [0, 0.1) is 25.6 Å². The van der Waals surface area contributed by atoms with Gasteiger partial charge in [0.2, 0.25) is 5.95 Å². The minimum atomic E-state index is -0.625. The molecule has 0 fully saturated rings. The number of hydrogen-bond acceptors (Lipinski definition) is 4. The number of aromatic nitrogens is 2. The molecule has 0 saturated heterocycles. The predicted molar refractivity (Wildman–Crippen MR) is 95.6 cm³/mol. The smallest absolute Gasteiger partial charge is 0.213 e. The Kier molecular flexibility index (Phi) is 5.02. The number of hydrogen-bond donors (Lipinski definition) is 1. The van der Waals surface area contributed by atoms with Crippen molar-refractivity contribution in [1.29, 1.82) is 0 Å². The zero-order chi connectivity index (χ0) is 18.7. The first-order valence-electron chi connectivity index (χ1n) is 8.05. The Morgan fingerprint density at radius 2 is 1.88 bits per heavy atom. The van der Waals surface area contributed by atoms with E-state index in [0.717, 1.165) is 5.56 Å².